The van der Waals surface area contributed by atoms with Crippen molar-refractivity contribution < 1.29 is 23.2 Å². The van der Waals surface area contributed by atoms with Crippen LogP contribution in [0.25, 0.3) is 0 Å². The minimum Gasteiger partial charge on any atom is -0.480 e. The normalized spacial score (nSPS) is 11.6. The number of nitro groups is 1. The molecule has 0 saturated heterocycles. The van der Waals surface area contributed by atoms with E-state index in [4.69, 9.17) is 5.11 Å². The molecule has 1 aromatic rings. The maximum Gasteiger partial charge on any atom is 0.318 e. The number of nitro benzene ring substituents is 1. The van der Waals surface area contributed by atoms with Crippen LogP contribution in [0.15, 0.2) is 17.0 Å². The van der Waals surface area contributed by atoms with Gasteiger partial charge < -0.3 is 5.11 Å². The first-order valence-electron chi connectivity index (χ1n) is 5.51. The van der Waals surface area contributed by atoms with Crippen LogP contribution in [0.5, 0.6) is 0 Å². The highest BCUT2D eigenvalue weighted by Gasteiger charge is 2.27. The third-order valence-electron chi connectivity index (χ3n) is 2.74. The number of hydrogen-bond acceptors (Lipinski definition) is 5. The predicted molar refractivity (Wildman–Crippen MR) is 70.0 cm³/mol. The number of rotatable bonds is 5. The summed E-state index contributed by atoms with van der Waals surface area (Å²) in [5, 5.41) is 19.5. The number of likely N-dealkylation sites (N-methyl/N-ethyl adjacent to an activating group) is 1. The summed E-state index contributed by atoms with van der Waals surface area (Å²) < 4.78 is 25.1. The van der Waals surface area contributed by atoms with Gasteiger partial charge >= 0.3 is 5.97 Å². The largest absolute Gasteiger partial charge is 0.480 e. The summed E-state index contributed by atoms with van der Waals surface area (Å²) in [6.07, 6.45) is 0. The van der Waals surface area contributed by atoms with Crippen LogP contribution in [-0.2, 0) is 14.8 Å². The maximum absolute atomic E-state index is 12.2. The molecule has 8 nitrogen and oxygen atoms in total. The summed E-state index contributed by atoms with van der Waals surface area (Å²) >= 11 is 0. The fourth-order valence-corrected chi connectivity index (χ4v) is 3.08. The first kappa shape index (κ1) is 16.1. The second-order valence-corrected chi connectivity index (χ2v) is 6.33. The SMILES string of the molecule is Cc1cc(C)c(S(=O)(=O)N(C)CC(=O)O)cc1[N+](=O)[O-]. The number of carboxylic acid groups (broad SMARTS) is 1. The van der Waals surface area contributed by atoms with Crippen LogP contribution in [0.2, 0.25) is 0 Å². The number of benzene rings is 1. The molecular formula is C11H14N2O6S. The molecule has 1 aromatic carbocycles. The molecule has 0 aliphatic heterocycles. The van der Waals surface area contributed by atoms with Crippen molar-refractivity contribution in [2.45, 2.75) is 18.7 Å². The molecule has 0 atom stereocenters. The standard InChI is InChI=1S/C11H14N2O6S/c1-7-4-8(2)10(5-9(7)13(16)17)20(18,19)12(3)6-11(14)15/h4-5H,6H2,1-3H3,(H,14,15). The fourth-order valence-electron chi connectivity index (χ4n) is 1.74. The molecule has 0 heterocycles. The molecule has 0 aromatic heterocycles. The Morgan fingerprint density at radius 1 is 1.35 bits per heavy atom. The zero-order valence-corrected chi connectivity index (χ0v) is 12.0. The van der Waals surface area contributed by atoms with Crippen LogP contribution >= 0.6 is 0 Å². The van der Waals surface area contributed by atoms with E-state index >= 15 is 0 Å². The van der Waals surface area contributed by atoms with Gasteiger partial charge in [0.05, 0.1) is 9.82 Å². The van der Waals surface area contributed by atoms with Crippen LogP contribution in [0.1, 0.15) is 11.1 Å². The number of hydrogen-bond donors (Lipinski definition) is 1. The van der Waals surface area contributed by atoms with Crippen LogP contribution < -0.4 is 0 Å². The molecule has 9 heteroatoms. The number of carbonyl (C=O) groups is 1. The monoisotopic (exact) mass is 302 g/mol. The summed E-state index contributed by atoms with van der Waals surface area (Å²) in [5.41, 5.74) is 0.343. The van der Waals surface area contributed by atoms with E-state index in [9.17, 15) is 23.3 Å². The van der Waals surface area contributed by atoms with E-state index in [-0.39, 0.29) is 10.6 Å². The molecule has 0 saturated carbocycles. The quantitative estimate of drug-likeness (QED) is 0.638. The minimum absolute atomic E-state index is 0.265. The zero-order chi connectivity index (χ0) is 15.7. The smallest absolute Gasteiger partial charge is 0.318 e. The first-order valence-corrected chi connectivity index (χ1v) is 6.95. The van der Waals surface area contributed by atoms with E-state index in [0.717, 1.165) is 13.1 Å². The summed E-state index contributed by atoms with van der Waals surface area (Å²) in [4.78, 5) is 20.5. The highest BCUT2D eigenvalue weighted by atomic mass is 32.2. The lowest BCUT2D eigenvalue weighted by Gasteiger charge is -2.16. The van der Waals surface area contributed by atoms with E-state index in [1.54, 1.807) is 0 Å². The molecule has 0 fully saturated rings. The van der Waals surface area contributed by atoms with Crippen molar-refractivity contribution >= 4 is 21.7 Å². The van der Waals surface area contributed by atoms with E-state index in [2.05, 4.69) is 0 Å². The molecular weight excluding hydrogens is 288 g/mol. The van der Waals surface area contributed by atoms with E-state index < -0.39 is 27.5 Å². The average Bonchev–Trinajstić information content (AvgIpc) is 2.26. The van der Waals surface area contributed by atoms with Crippen molar-refractivity contribution in [3.63, 3.8) is 0 Å². The van der Waals surface area contributed by atoms with Gasteiger partial charge in [0, 0.05) is 18.7 Å². The van der Waals surface area contributed by atoms with Crippen molar-refractivity contribution in [1.82, 2.24) is 4.31 Å². The Morgan fingerprint density at radius 2 is 1.90 bits per heavy atom. The lowest BCUT2D eigenvalue weighted by molar-refractivity contribution is -0.385. The van der Waals surface area contributed by atoms with Gasteiger partial charge in [0.15, 0.2) is 0 Å². The fraction of sp³-hybridized carbons (Fsp3) is 0.364. The van der Waals surface area contributed by atoms with Crippen LogP contribution in [-0.4, -0.2) is 42.3 Å². The number of aliphatic carboxylic acids is 1. The van der Waals surface area contributed by atoms with Gasteiger partial charge in [-0.1, -0.05) is 0 Å². The second-order valence-electron chi connectivity index (χ2n) is 4.32. The molecule has 0 amide bonds. The lowest BCUT2D eigenvalue weighted by Crippen LogP contribution is -2.32. The Labute approximate surface area is 115 Å². The second kappa shape index (κ2) is 5.55. The molecule has 110 valence electrons. The molecule has 0 radical (unpaired) electrons. The van der Waals surface area contributed by atoms with E-state index in [0.29, 0.717) is 15.4 Å². The zero-order valence-electron chi connectivity index (χ0n) is 11.2. The van der Waals surface area contributed by atoms with Crippen LogP contribution in [0.4, 0.5) is 5.69 Å². The summed E-state index contributed by atoms with van der Waals surface area (Å²) in [5.74, 6) is -1.31. The van der Waals surface area contributed by atoms with Crippen molar-refractivity contribution in [2.75, 3.05) is 13.6 Å². The lowest BCUT2D eigenvalue weighted by atomic mass is 10.1. The highest BCUT2D eigenvalue weighted by Crippen LogP contribution is 2.27. The number of carboxylic acids is 1. The van der Waals surface area contributed by atoms with Gasteiger partial charge in [-0.3, -0.25) is 14.9 Å². The Balaban J connectivity index is 3.42. The van der Waals surface area contributed by atoms with Crippen molar-refractivity contribution in [2.24, 2.45) is 0 Å². The van der Waals surface area contributed by atoms with Gasteiger partial charge in [0.1, 0.15) is 6.54 Å². The molecule has 1 rings (SSSR count). The van der Waals surface area contributed by atoms with E-state index in [1.165, 1.54) is 19.9 Å². The number of aryl methyl sites for hydroxylation is 2. The molecule has 0 aliphatic rings. The molecule has 0 spiro atoms. The third kappa shape index (κ3) is 3.11. The Bertz CT molecular complexity index is 668. The summed E-state index contributed by atoms with van der Waals surface area (Å²) in [6, 6.07) is 2.35. The minimum atomic E-state index is -4.09. The number of nitrogens with zero attached hydrogens (tertiary/aromatic N) is 2. The van der Waals surface area contributed by atoms with E-state index in [1.807, 2.05) is 0 Å². The van der Waals surface area contributed by atoms with Crippen LogP contribution in [0, 0.1) is 24.0 Å². The topological polar surface area (TPSA) is 118 Å². The Kier molecular flexibility index (Phi) is 4.46. The maximum atomic E-state index is 12.2. The van der Waals surface area contributed by atoms with Gasteiger partial charge in [0.25, 0.3) is 5.69 Å². The Morgan fingerprint density at radius 3 is 2.35 bits per heavy atom. The third-order valence-corrected chi connectivity index (χ3v) is 4.68. The van der Waals surface area contributed by atoms with Crippen molar-refractivity contribution in [1.29, 1.82) is 0 Å². The molecule has 0 aliphatic carbocycles. The van der Waals surface area contributed by atoms with Crippen LogP contribution in [0.3, 0.4) is 0 Å². The highest BCUT2D eigenvalue weighted by molar-refractivity contribution is 7.89. The summed E-state index contributed by atoms with van der Waals surface area (Å²) in [7, 11) is -2.98. The molecule has 1 N–H and O–H groups in total. The Hall–Kier alpha value is -2.00. The van der Waals surface area contributed by atoms with Gasteiger partial charge in [-0.25, -0.2) is 8.42 Å². The molecule has 20 heavy (non-hydrogen) atoms. The van der Waals surface area contributed by atoms with Gasteiger partial charge in [-0.15, -0.1) is 0 Å². The van der Waals surface area contributed by atoms with Gasteiger partial charge in [0.2, 0.25) is 10.0 Å². The van der Waals surface area contributed by atoms with Crippen molar-refractivity contribution in [3.8, 4) is 0 Å². The average molecular weight is 302 g/mol. The van der Waals surface area contributed by atoms with Gasteiger partial charge in [-0.2, -0.15) is 4.31 Å². The number of sulfonamides is 1. The molecule has 0 unspecified atom stereocenters. The predicted octanol–water partition coefficient (Wildman–Crippen LogP) is 0.917. The summed E-state index contributed by atoms with van der Waals surface area (Å²) in [6.45, 7) is 2.28. The molecule has 0 bridgehead atoms. The van der Waals surface area contributed by atoms with Gasteiger partial charge in [-0.05, 0) is 25.5 Å². The first-order chi connectivity index (χ1) is 9.07. The van der Waals surface area contributed by atoms with Crippen molar-refractivity contribution in [3.05, 3.63) is 33.4 Å².